The predicted molar refractivity (Wildman–Crippen MR) is 138 cm³/mol. The molecule has 0 bridgehead atoms. The van der Waals surface area contributed by atoms with Crippen molar-refractivity contribution >= 4 is 17.6 Å². The maximum atomic E-state index is 15.1. The predicted octanol–water partition coefficient (Wildman–Crippen LogP) is 2.91. The van der Waals surface area contributed by atoms with E-state index in [0.717, 1.165) is 18.1 Å². The zero-order chi connectivity index (χ0) is 27.4. The average molecular weight is 527 g/mol. The molecule has 1 aliphatic heterocycles. The molecule has 2 aromatic heterocycles. The molecule has 0 aliphatic carbocycles. The van der Waals surface area contributed by atoms with E-state index < -0.39 is 17.3 Å². The highest BCUT2D eigenvalue weighted by molar-refractivity contribution is 5.99. The summed E-state index contributed by atoms with van der Waals surface area (Å²) in [6.07, 6.45) is 4.86. The molecule has 1 aliphatic rings. The van der Waals surface area contributed by atoms with Crippen molar-refractivity contribution in [2.24, 2.45) is 7.05 Å². The second kappa shape index (κ2) is 11.3. The number of carbonyl (C=O) groups is 2. The third-order valence-electron chi connectivity index (χ3n) is 6.49. The molecule has 0 saturated carbocycles. The molecule has 2 amide bonds. The molecule has 0 radical (unpaired) electrons. The van der Waals surface area contributed by atoms with Gasteiger partial charge < -0.3 is 20.6 Å². The summed E-state index contributed by atoms with van der Waals surface area (Å²) in [6, 6.07) is 7.28. The highest BCUT2D eigenvalue weighted by Gasteiger charge is 2.38. The Morgan fingerprint density at radius 3 is 2.63 bits per heavy atom. The third-order valence-corrected chi connectivity index (χ3v) is 6.49. The number of aryl methyl sites for hydroxylation is 1. The molecular formula is C27H32F2N6O3. The van der Waals surface area contributed by atoms with E-state index in [9.17, 15) is 19.1 Å². The minimum Gasteiger partial charge on any atom is -0.381 e. The quantitative estimate of drug-likeness (QED) is 0.375. The number of aromatic nitrogens is 3. The lowest BCUT2D eigenvalue weighted by atomic mass is 9.95. The van der Waals surface area contributed by atoms with Crippen molar-refractivity contribution in [1.82, 2.24) is 25.0 Å². The van der Waals surface area contributed by atoms with Crippen molar-refractivity contribution in [3.63, 3.8) is 0 Å². The lowest BCUT2D eigenvalue weighted by molar-refractivity contribution is -0.156. The first-order valence-corrected chi connectivity index (χ1v) is 12.5. The molecule has 4 rings (SSSR count). The van der Waals surface area contributed by atoms with E-state index in [1.165, 1.54) is 36.9 Å². The lowest BCUT2D eigenvalue weighted by Crippen LogP contribution is -2.57. The number of benzene rings is 1. The molecule has 11 heteroatoms. The molecule has 0 unspecified atom stereocenters. The van der Waals surface area contributed by atoms with Gasteiger partial charge in [-0.2, -0.15) is 5.10 Å². The Morgan fingerprint density at radius 2 is 2.00 bits per heavy atom. The van der Waals surface area contributed by atoms with Crippen molar-refractivity contribution in [2.75, 3.05) is 25.0 Å². The number of amides is 2. The van der Waals surface area contributed by atoms with Gasteiger partial charge in [0.25, 0.3) is 11.8 Å². The van der Waals surface area contributed by atoms with E-state index in [0.29, 0.717) is 31.5 Å². The van der Waals surface area contributed by atoms with Crippen molar-refractivity contribution in [3.8, 4) is 11.3 Å². The van der Waals surface area contributed by atoms with Gasteiger partial charge in [-0.05, 0) is 56.9 Å². The van der Waals surface area contributed by atoms with Crippen LogP contribution in [0.3, 0.4) is 0 Å². The molecule has 3 heterocycles. The highest BCUT2D eigenvalue weighted by atomic mass is 19.1. The summed E-state index contributed by atoms with van der Waals surface area (Å²) in [5, 5.41) is 19.9. The molecule has 1 atom stereocenters. The van der Waals surface area contributed by atoms with E-state index in [1.807, 2.05) is 0 Å². The normalized spacial score (nSPS) is 15.2. The largest absolute Gasteiger partial charge is 0.381 e. The number of nitrogens with one attached hydrogen (secondary N) is 2. The molecule has 38 heavy (non-hydrogen) atoms. The third kappa shape index (κ3) is 6.34. The maximum absolute atomic E-state index is 15.1. The van der Waals surface area contributed by atoms with Gasteiger partial charge in [-0.15, -0.1) is 0 Å². The van der Waals surface area contributed by atoms with Crippen LogP contribution in [0, 0.1) is 11.6 Å². The average Bonchev–Trinajstić information content (AvgIpc) is 3.27. The Labute approximate surface area is 219 Å². The first kappa shape index (κ1) is 27.2. The summed E-state index contributed by atoms with van der Waals surface area (Å²) >= 11 is 0. The van der Waals surface area contributed by atoms with E-state index >= 15 is 4.39 Å². The van der Waals surface area contributed by atoms with Gasteiger partial charge in [0.05, 0.1) is 11.8 Å². The fourth-order valence-corrected chi connectivity index (χ4v) is 4.37. The fraction of sp³-hybridized carbons (Fsp3) is 0.407. The van der Waals surface area contributed by atoms with Gasteiger partial charge in [-0.25, -0.2) is 13.8 Å². The van der Waals surface area contributed by atoms with E-state index in [4.69, 9.17) is 0 Å². The van der Waals surface area contributed by atoms with Crippen LogP contribution in [0.4, 0.5) is 14.6 Å². The Hall–Kier alpha value is -3.86. The maximum Gasteiger partial charge on any atom is 0.255 e. The number of hydrogen-bond donors (Lipinski definition) is 3. The molecule has 9 nitrogen and oxygen atoms in total. The molecule has 1 saturated heterocycles. The topological polar surface area (TPSA) is 112 Å². The zero-order valence-electron chi connectivity index (χ0n) is 21.7. The number of anilines is 1. The first-order valence-electron chi connectivity index (χ1n) is 12.5. The van der Waals surface area contributed by atoms with E-state index in [-0.39, 0.29) is 41.4 Å². The monoisotopic (exact) mass is 526 g/mol. The fourth-order valence-electron chi connectivity index (χ4n) is 4.37. The van der Waals surface area contributed by atoms with Gasteiger partial charge >= 0.3 is 0 Å². The van der Waals surface area contributed by atoms with Gasteiger partial charge in [0.2, 0.25) is 0 Å². The molecule has 0 spiro atoms. The zero-order valence-corrected chi connectivity index (χ0v) is 21.7. The van der Waals surface area contributed by atoms with Crippen molar-refractivity contribution < 1.29 is 23.5 Å². The smallest absolute Gasteiger partial charge is 0.255 e. The van der Waals surface area contributed by atoms with Crippen LogP contribution in [0.5, 0.6) is 0 Å². The van der Waals surface area contributed by atoms with Crippen LogP contribution >= 0.6 is 0 Å². The van der Waals surface area contributed by atoms with Crippen LogP contribution in [-0.2, 0) is 18.3 Å². The van der Waals surface area contributed by atoms with Gasteiger partial charge in [-0.1, -0.05) is 12.1 Å². The summed E-state index contributed by atoms with van der Waals surface area (Å²) in [5.41, 5.74) is -0.131. The number of nitrogens with zero attached hydrogens (tertiary/aromatic N) is 4. The number of rotatable bonds is 10. The molecule has 1 fully saturated rings. The van der Waals surface area contributed by atoms with E-state index in [1.54, 1.807) is 30.3 Å². The van der Waals surface area contributed by atoms with Gasteiger partial charge in [-0.3, -0.25) is 14.3 Å². The van der Waals surface area contributed by atoms with Gasteiger partial charge in [0.1, 0.15) is 22.9 Å². The minimum atomic E-state index is -1.45. The number of halogens is 2. The Kier molecular flexibility index (Phi) is 8.05. The summed E-state index contributed by atoms with van der Waals surface area (Å²) in [7, 11) is 1.71. The number of likely N-dealkylation sites (tertiary alicyclic amines) is 1. The summed E-state index contributed by atoms with van der Waals surface area (Å²) < 4.78 is 30.1. The standard InChI is InChI=1S/C27H32F2N6O3/c1-27(2,38)26(37)35-12-9-20(35)8-11-31-25(36)21-14-22(29)23(18-15-32-34(3)16-18)33-24(21)30-10-7-17-5-4-6-19(28)13-17/h4-6,13-16,20,38H,7-12H2,1-3H3,(H,30,33)(H,31,36)/t20-/m1/s1. The van der Waals surface area contributed by atoms with Crippen molar-refractivity contribution in [3.05, 3.63) is 65.5 Å². The number of hydrogen-bond acceptors (Lipinski definition) is 6. The van der Waals surface area contributed by atoms with Crippen LogP contribution in [0.1, 0.15) is 42.6 Å². The second-order valence-corrected chi connectivity index (χ2v) is 9.97. The Balaban J connectivity index is 1.46. The highest BCUT2D eigenvalue weighted by Crippen LogP contribution is 2.26. The van der Waals surface area contributed by atoms with Crippen LogP contribution < -0.4 is 10.6 Å². The van der Waals surface area contributed by atoms with Crippen LogP contribution in [0.25, 0.3) is 11.3 Å². The Bertz CT molecular complexity index is 1320. The van der Waals surface area contributed by atoms with E-state index in [2.05, 4.69) is 20.7 Å². The minimum absolute atomic E-state index is 0.0346. The SMILES string of the molecule is Cn1cc(-c2nc(NCCc3cccc(F)c3)c(C(=O)NCC[C@@H]3CCN3C(=O)C(C)(C)O)cc2F)cn1. The van der Waals surface area contributed by atoms with Gasteiger partial charge in [0.15, 0.2) is 5.82 Å². The summed E-state index contributed by atoms with van der Waals surface area (Å²) in [6.45, 7) is 4.06. The number of pyridine rings is 1. The number of carbonyl (C=O) groups excluding carboxylic acids is 2. The number of aliphatic hydroxyl groups is 1. The Morgan fingerprint density at radius 1 is 1.21 bits per heavy atom. The van der Waals surface area contributed by atoms with Crippen molar-refractivity contribution in [2.45, 2.75) is 44.8 Å². The molecule has 3 N–H and O–H groups in total. The summed E-state index contributed by atoms with van der Waals surface area (Å²) in [5.74, 6) is -1.67. The molecular weight excluding hydrogens is 494 g/mol. The summed E-state index contributed by atoms with van der Waals surface area (Å²) in [4.78, 5) is 31.4. The second-order valence-electron chi connectivity index (χ2n) is 9.97. The van der Waals surface area contributed by atoms with Crippen LogP contribution in [0.15, 0.2) is 42.7 Å². The molecule has 3 aromatic rings. The molecule has 1 aromatic carbocycles. The van der Waals surface area contributed by atoms with Crippen LogP contribution in [0.2, 0.25) is 0 Å². The lowest BCUT2D eigenvalue weighted by Gasteiger charge is -2.43. The first-order chi connectivity index (χ1) is 18.0. The van der Waals surface area contributed by atoms with Gasteiger partial charge in [0, 0.05) is 44.5 Å². The van der Waals surface area contributed by atoms with Crippen molar-refractivity contribution in [1.29, 1.82) is 0 Å². The molecule has 202 valence electrons. The van der Waals surface area contributed by atoms with Crippen LogP contribution in [-0.4, -0.2) is 67.9 Å².